The normalized spacial score (nSPS) is 9.30. The first-order valence-electron chi connectivity index (χ1n) is 2.45. The Balaban J connectivity index is 3.15. The van der Waals surface area contributed by atoms with Crippen LogP contribution in [0.5, 0.6) is 0 Å². The van der Waals surface area contributed by atoms with Crippen LogP contribution >= 0.6 is 15.9 Å². The van der Waals surface area contributed by atoms with Gasteiger partial charge in [-0.15, -0.1) is 0 Å². The van der Waals surface area contributed by atoms with Gasteiger partial charge in [0.25, 0.3) is 5.69 Å². The molecular weight excluding hydrogens is 200 g/mol. The highest BCUT2D eigenvalue weighted by Crippen LogP contribution is 2.21. The van der Waals surface area contributed by atoms with Gasteiger partial charge in [0.05, 0.1) is 4.92 Å². The molecule has 0 spiro atoms. The molecule has 0 aliphatic carbocycles. The van der Waals surface area contributed by atoms with E-state index in [0.29, 0.717) is 4.47 Å². The Morgan fingerprint density at radius 3 is 2.80 bits per heavy atom. The highest BCUT2D eigenvalue weighted by Gasteiger charge is 2.08. The second-order valence-corrected chi connectivity index (χ2v) is 2.44. The summed E-state index contributed by atoms with van der Waals surface area (Å²) in [5.41, 5.74) is 0.0370. The lowest BCUT2D eigenvalue weighted by atomic mass is 10.4. The molecule has 0 saturated heterocycles. The second-order valence-electron chi connectivity index (χ2n) is 1.58. The minimum atomic E-state index is -0.467. The minimum absolute atomic E-state index is 0.0370. The molecule has 0 aliphatic heterocycles. The fourth-order valence-corrected chi connectivity index (χ4v) is 0.911. The molecule has 0 saturated carbocycles. The van der Waals surface area contributed by atoms with Crippen molar-refractivity contribution in [2.24, 2.45) is 0 Å². The first kappa shape index (κ1) is 7.14. The minimum Gasteiger partial charge on any atom is -0.263 e. The zero-order valence-electron chi connectivity index (χ0n) is 4.82. The van der Waals surface area contributed by atoms with E-state index < -0.39 is 4.92 Å². The predicted molar refractivity (Wildman–Crippen MR) is 38.6 cm³/mol. The molecule has 0 N–H and O–H groups in total. The highest BCUT2D eigenvalue weighted by molar-refractivity contribution is 9.10. The van der Waals surface area contributed by atoms with E-state index in [1.54, 1.807) is 0 Å². The van der Waals surface area contributed by atoms with Gasteiger partial charge in [0.15, 0.2) is 0 Å². The molecule has 4 nitrogen and oxygen atoms in total. The van der Waals surface area contributed by atoms with Gasteiger partial charge in [-0.3, -0.25) is 15.1 Å². The van der Waals surface area contributed by atoms with Gasteiger partial charge < -0.3 is 0 Å². The van der Waals surface area contributed by atoms with Crippen molar-refractivity contribution in [3.05, 3.63) is 33.0 Å². The van der Waals surface area contributed by atoms with E-state index in [9.17, 15) is 10.1 Å². The first-order chi connectivity index (χ1) is 4.72. The fraction of sp³-hybridized carbons (Fsp3) is 0. The largest absolute Gasteiger partial charge is 0.286 e. The van der Waals surface area contributed by atoms with Crippen LogP contribution in [0, 0.1) is 10.1 Å². The Morgan fingerprint density at radius 2 is 2.40 bits per heavy atom. The molecule has 0 radical (unpaired) electrons. The van der Waals surface area contributed by atoms with Gasteiger partial charge in [-0.1, -0.05) is 0 Å². The zero-order chi connectivity index (χ0) is 7.56. The molecule has 0 atom stereocenters. The van der Waals surface area contributed by atoms with Crippen LogP contribution in [0.1, 0.15) is 0 Å². The molecule has 0 aliphatic rings. The van der Waals surface area contributed by atoms with E-state index in [1.807, 2.05) is 0 Å². The van der Waals surface area contributed by atoms with Crippen molar-refractivity contribution in [3.8, 4) is 0 Å². The smallest absolute Gasteiger partial charge is 0.263 e. The maximum absolute atomic E-state index is 10.2. The quantitative estimate of drug-likeness (QED) is 0.516. The number of aromatic nitrogens is 1. The molecule has 5 heteroatoms. The third-order valence-corrected chi connectivity index (χ3v) is 1.56. The average Bonchev–Trinajstić information content (AvgIpc) is 1.88. The molecule has 1 rings (SSSR count). The molecule has 1 aromatic rings. The molecule has 52 valence electrons. The third-order valence-electron chi connectivity index (χ3n) is 0.948. The van der Waals surface area contributed by atoms with Gasteiger partial charge in [-0.2, -0.15) is 0 Å². The van der Waals surface area contributed by atoms with Crippen LogP contribution in [0.25, 0.3) is 0 Å². The van der Waals surface area contributed by atoms with E-state index >= 15 is 0 Å². The molecule has 10 heavy (non-hydrogen) atoms. The van der Waals surface area contributed by atoms with Gasteiger partial charge in [0.2, 0.25) is 0 Å². The molecule has 1 aromatic heterocycles. The molecule has 0 aromatic carbocycles. The van der Waals surface area contributed by atoms with Crippen LogP contribution < -0.4 is 0 Å². The summed E-state index contributed by atoms with van der Waals surface area (Å²) in [5, 5.41) is 10.2. The maximum Gasteiger partial charge on any atom is 0.286 e. The number of nitrogens with zero attached hydrogens (tertiary/aromatic N) is 2. The van der Waals surface area contributed by atoms with E-state index in [2.05, 4.69) is 20.9 Å². The van der Waals surface area contributed by atoms with E-state index in [1.165, 1.54) is 18.5 Å². The number of nitro groups is 1. The lowest BCUT2D eigenvalue weighted by molar-refractivity contribution is -0.385. The monoisotopic (exact) mass is 202 g/mol. The Kier molecular flexibility index (Phi) is 1.96. The van der Waals surface area contributed by atoms with Gasteiger partial charge >= 0.3 is 0 Å². The summed E-state index contributed by atoms with van der Waals surface area (Å²) in [6.45, 7) is 0. The molecule has 0 fully saturated rings. The molecule has 0 bridgehead atoms. The van der Waals surface area contributed by atoms with Crippen LogP contribution in [0.2, 0.25) is 0 Å². The topological polar surface area (TPSA) is 56.0 Å². The molecule has 1 heterocycles. The lowest BCUT2D eigenvalue weighted by Gasteiger charge is -1.90. The lowest BCUT2D eigenvalue weighted by Crippen LogP contribution is -1.88. The SMILES string of the molecule is O=[N+]([O-])c1ccncc1Br. The summed E-state index contributed by atoms with van der Waals surface area (Å²) in [6, 6.07) is 1.34. The molecule has 0 unspecified atom stereocenters. The van der Waals surface area contributed by atoms with Crippen LogP contribution in [0.3, 0.4) is 0 Å². The van der Waals surface area contributed by atoms with Gasteiger partial charge in [0.1, 0.15) is 4.47 Å². The standard InChI is InChI=1S/C5H3BrN2O2/c6-4-3-7-2-1-5(4)8(9)10/h1-3H. The summed E-state index contributed by atoms with van der Waals surface area (Å²) in [4.78, 5) is 13.4. The number of hydrogen-bond donors (Lipinski definition) is 0. The molecule has 0 amide bonds. The zero-order valence-corrected chi connectivity index (χ0v) is 6.41. The summed E-state index contributed by atoms with van der Waals surface area (Å²) in [6.07, 6.45) is 2.76. The van der Waals surface area contributed by atoms with Gasteiger partial charge in [-0.25, -0.2) is 0 Å². The van der Waals surface area contributed by atoms with Crippen LogP contribution in [0.15, 0.2) is 22.9 Å². The van der Waals surface area contributed by atoms with Crippen LogP contribution in [0.4, 0.5) is 5.69 Å². The molecular formula is C5H3BrN2O2. The maximum atomic E-state index is 10.2. The van der Waals surface area contributed by atoms with Crippen LogP contribution in [-0.4, -0.2) is 9.91 Å². The summed E-state index contributed by atoms with van der Waals surface area (Å²) >= 11 is 2.99. The van der Waals surface area contributed by atoms with Crippen molar-refractivity contribution in [1.29, 1.82) is 0 Å². The van der Waals surface area contributed by atoms with Crippen molar-refractivity contribution in [2.45, 2.75) is 0 Å². The van der Waals surface area contributed by atoms with Crippen molar-refractivity contribution < 1.29 is 4.92 Å². The second kappa shape index (κ2) is 2.74. The van der Waals surface area contributed by atoms with Gasteiger partial charge in [0, 0.05) is 18.5 Å². The van der Waals surface area contributed by atoms with Crippen molar-refractivity contribution in [2.75, 3.05) is 0 Å². The number of rotatable bonds is 1. The predicted octanol–water partition coefficient (Wildman–Crippen LogP) is 1.75. The number of pyridine rings is 1. The van der Waals surface area contributed by atoms with Crippen molar-refractivity contribution in [1.82, 2.24) is 4.98 Å². The Bertz CT molecular complexity index is 264. The average molecular weight is 203 g/mol. The van der Waals surface area contributed by atoms with E-state index in [4.69, 9.17) is 0 Å². The Labute approximate surface area is 65.2 Å². The third kappa shape index (κ3) is 1.30. The summed E-state index contributed by atoms with van der Waals surface area (Å²) in [7, 11) is 0. The van der Waals surface area contributed by atoms with Crippen molar-refractivity contribution >= 4 is 21.6 Å². The van der Waals surface area contributed by atoms with E-state index in [-0.39, 0.29) is 5.69 Å². The number of hydrogen-bond acceptors (Lipinski definition) is 3. The van der Waals surface area contributed by atoms with Crippen LogP contribution in [-0.2, 0) is 0 Å². The Hall–Kier alpha value is -0.970. The van der Waals surface area contributed by atoms with Crippen molar-refractivity contribution in [3.63, 3.8) is 0 Å². The fourth-order valence-electron chi connectivity index (χ4n) is 0.516. The first-order valence-corrected chi connectivity index (χ1v) is 3.25. The summed E-state index contributed by atoms with van der Waals surface area (Å²) in [5.74, 6) is 0. The Morgan fingerprint density at radius 1 is 1.70 bits per heavy atom. The highest BCUT2D eigenvalue weighted by atomic mass is 79.9. The van der Waals surface area contributed by atoms with Gasteiger partial charge in [-0.05, 0) is 15.9 Å². The summed E-state index contributed by atoms with van der Waals surface area (Å²) < 4.78 is 0.403. The number of halogens is 1. The van der Waals surface area contributed by atoms with E-state index in [0.717, 1.165) is 0 Å².